The van der Waals surface area contributed by atoms with Crippen LogP contribution in [-0.4, -0.2) is 34.2 Å². The molecule has 6 nitrogen and oxygen atoms in total. The van der Waals surface area contributed by atoms with Gasteiger partial charge >= 0.3 is 0 Å². The summed E-state index contributed by atoms with van der Waals surface area (Å²) in [5.41, 5.74) is 5.72. The zero-order chi connectivity index (χ0) is 29.1. The van der Waals surface area contributed by atoms with Gasteiger partial charge in [0.05, 0.1) is 16.7 Å². The van der Waals surface area contributed by atoms with E-state index >= 15 is 0 Å². The number of benzene rings is 3. The van der Waals surface area contributed by atoms with E-state index in [4.69, 9.17) is 21.1 Å². The molecule has 42 heavy (non-hydrogen) atoms. The summed E-state index contributed by atoms with van der Waals surface area (Å²) in [6.45, 7) is 2.26. The van der Waals surface area contributed by atoms with Crippen LogP contribution in [0.25, 0.3) is 11.1 Å². The lowest BCUT2D eigenvalue weighted by molar-refractivity contribution is 0.0662. The van der Waals surface area contributed by atoms with E-state index < -0.39 is 0 Å². The number of fused-ring (bicyclic) bond motifs is 1. The number of nitriles is 1. The molecule has 1 fully saturated rings. The third-order valence-corrected chi connectivity index (χ3v) is 8.25. The lowest BCUT2D eigenvalue weighted by Gasteiger charge is -2.30. The first-order chi connectivity index (χ1) is 20.5. The number of hydrogen-bond acceptors (Lipinski definition) is 6. The number of ether oxygens (including phenoxy) is 2. The second-order valence-corrected chi connectivity index (χ2v) is 11.3. The van der Waals surface area contributed by atoms with Gasteiger partial charge in [0.2, 0.25) is 0 Å². The number of aromatic nitrogens is 1. The highest BCUT2D eigenvalue weighted by Gasteiger charge is 2.28. The fraction of sp³-hybridized carbons (Fsp3) is 0.294. The van der Waals surface area contributed by atoms with Gasteiger partial charge in [0.25, 0.3) is 0 Å². The largest absolute Gasteiger partial charge is 0.488 e. The number of halogens is 2. The number of hydrogen-bond donors (Lipinski definition) is 1. The topological polar surface area (TPSA) is 78.6 Å². The van der Waals surface area contributed by atoms with Gasteiger partial charge in [0, 0.05) is 48.2 Å². The molecule has 8 heteroatoms. The number of aliphatic hydroxyl groups excluding tert-OH is 1. The molecule has 0 saturated carbocycles. The first-order valence-electron chi connectivity index (χ1n) is 14.2. The van der Waals surface area contributed by atoms with Crippen LogP contribution in [0.5, 0.6) is 11.5 Å². The van der Waals surface area contributed by atoms with E-state index in [1.54, 1.807) is 18.3 Å². The Bertz CT molecular complexity index is 1640. The van der Waals surface area contributed by atoms with Crippen LogP contribution in [0.4, 0.5) is 4.39 Å². The van der Waals surface area contributed by atoms with Gasteiger partial charge in [-0.2, -0.15) is 5.26 Å². The second kappa shape index (κ2) is 12.5. The number of likely N-dealkylation sites (tertiary alicyclic amines) is 1. The van der Waals surface area contributed by atoms with Crippen LogP contribution in [-0.2, 0) is 19.6 Å². The molecule has 1 aliphatic carbocycles. The molecule has 1 aromatic heterocycles. The predicted octanol–water partition coefficient (Wildman–Crippen LogP) is 7.01. The Morgan fingerprint density at radius 1 is 1.05 bits per heavy atom. The van der Waals surface area contributed by atoms with Crippen molar-refractivity contribution in [3.8, 4) is 28.7 Å². The van der Waals surface area contributed by atoms with E-state index in [0.29, 0.717) is 40.7 Å². The molecule has 1 unspecified atom stereocenters. The lowest BCUT2D eigenvalue weighted by Crippen LogP contribution is -2.37. The molecule has 0 radical (unpaired) electrons. The van der Waals surface area contributed by atoms with Crippen LogP contribution in [0.15, 0.2) is 73.1 Å². The Morgan fingerprint density at radius 2 is 1.90 bits per heavy atom. The van der Waals surface area contributed by atoms with Gasteiger partial charge in [-0.15, -0.1) is 0 Å². The minimum absolute atomic E-state index is 0.220. The summed E-state index contributed by atoms with van der Waals surface area (Å²) in [6, 6.07) is 20.3. The van der Waals surface area contributed by atoms with E-state index in [1.807, 2.05) is 42.5 Å². The van der Waals surface area contributed by atoms with Gasteiger partial charge in [-0.3, -0.25) is 9.88 Å². The van der Waals surface area contributed by atoms with Crippen molar-refractivity contribution in [2.24, 2.45) is 0 Å². The average molecular weight is 584 g/mol. The maximum Gasteiger partial charge on any atom is 0.142 e. The highest BCUT2D eigenvalue weighted by atomic mass is 35.5. The molecule has 0 spiro atoms. The zero-order valence-electron chi connectivity index (χ0n) is 23.1. The monoisotopic (exact) mass is 583 g/mol. The minimum Gasteiger partial charge on any atom is -0.488 e. The summed E-state index contributed by atoms with van der Waals surface area (Å²) in [7, 11) is 0. The number of nitrogens with zero attached hydrogens (tertiary/aromatic N) is 3. The van der Waals surface area contributed by atoms with Gasteiger partial charge in [-0.25, -0.2) is 4.39 Å². The molecule has 4 aromatic rings. The molecule has 1 N–H and O–H groups in total. The van der Waals surface area contributed by atoms with E-state index in [1.165, 1.54) is 12.3 Å². The Hall–Kier alpha value is -3.96. The molecule has 2 heterocycles. The first kappa shape index (κ1) is 28.2. The summed E-state index contributed by atoms with van der Waals surface area (Å²) in [6.07, 6.45) is 5.84. The average Bonchev–Trinajstić information content (AvgIpc) is 3.41. The third-order valence-electron chi connectivity index (χ3n) is 7.96. The minimum atomic E-state index is -0.349. The van der Waals surface area contributed by atoms with Gasteiger partial charge in [0.1, 0.15) is 36.1 Å². The molecule has 2 aliphatic rings. The maximum absolute atomic E-state index is 14.7. The van der Waals surface area contributed by atoms with Gasteiger partial charge in [0.15, 0.2) is 0 Å². The summed E-state index contributed by atoms with van der Waals surface area (Å²) in [5, 5.41) is 19.9. The third kappa shape index (κ3) is 6.12. The Kier molecular flexibility index (Phi) is 8.38. The molecular formula is C34H31ClFN3O3. The summed E-state index contributed by atoms with van der Waals surface area (Å²) < 4.78 is 27.5. The van der Waals surface area contributed by atoms with E-state index in [2.05, 4.69) is 16.0 Å². The Labute approximate surface area is 249 Å². The van der Waals surface area contributed by atoms with Gasteiger partial charge < -0.3 is 14.6 Å². The van der Waals surface area contributed by atoms with Crippen molar-refractivity contribution in [1.29, 1.82) is 5.26 Å². The molecule has 2 atom stereocenters. The molecule has 1 aliphatic heterocycles. The number of aliphatic hydroxyl groups is 1. The standard InChI is InChI=1S/C34H31ClFN3O3/c35-30-14-24(19-39-12-4-5-25(40)20-39)33(41-21-23-13-22(16-37)17-38-18-23)15-34(30)42-32-11-10-27-26(7-3-8-29(27)32)28-6-1-2-9-31(28)36/h1-3,6-9,13-15,17-18,25,32,40H,4-5,10-12,19-21H2/t25?,32-/m0/s1. The van der Waals surface area contributed by atoms with Crippen molar-refractivity contribution in [2.45, 2.75) is 51.0 Å². The van der Waals surface area contributed by atoms with Crippen molar-refractivity contribution in [3.05, 3.63) is 112 Å². The summed E-state index contributed by atoms with van der Waals surface area (Å²) in [4.78, 5) is 6.34. The highest BCUT2D eigenvalue weighted by molar-refractivity contribution is 6.32. The van der Waals surface area contributed by atoms with Gasteiger partial charge in [-0.1, -0.05) is 48.0 Å². The SMILES string of the molecule is N#Cc1cncc(COc2cc(O[C@H]3CCc4c(-c5ccccc5F)cccc43)c(Cl)cc2CN2CCCC(O)C2)c1. The van der Waals surface area contributed by atoms with Crippen LogP contribution in [0, 0.1) is 17.1 Å². The van der Waals surface area contributed by atoms with Crippen molar-refractivity contribution in [2.75, 3.05) is 13.1 Å². The van der Waals surface area contributed by atoms with Crippen LogP contribution in [0.1, 0.15) is 53.2 Å². The second-order valence-electron chi connectivity index (χ2n) is 10.9. The van der Waals surface area contributed by atoms with Crippen LogP contribution < -0.4 is 9.47 Å². The summed E-state index contributed by atoms with van der Waals surface area (Å²) in [5.74, 6) is 0.884. The normalized spacial score (nSPS) is 18.3. The molecule has 3 aromatic carbocycles. The van der Waals surface area contributed by atoms with Crippen LogP contribution in [0.3, 0.4) is 0 Å². The number of pyridine rings is 1. The van der Waals surface area contributed by atoms with E-state index in [-0.39, 0.29) is 24.6 Å². The fourth-order valence-corrected chi connectivity index (χ4v) is 6.18. The van der Waals surface area contributed by atoms with Crippen LogP contribution in [0.2, 0.25) is 5.02 Å². The van der Waals surface area contributed by atoms with E-state index in [0.717, 1.165) is 60.0 Å². The first-order valence-corrected chi connectivity index (χ1v) is 14.6. The number of rotatable bonds is 8. The van der Waals surface area contributed by atoms with Crippen molar-refractivity contribution in [1.82, 2.24) is 9.88 Å². The maximum atomic E-state index is 14.7. The molecule has 214 valence electrons. The summed E-state index contributed by atoms with van der Waals surface area (Å²) >= 11 is 6.81. The highest BCUT2D eigenvalue weighted by Crippen LogP contribution is 2.43. The Balaban J connectivity index is 1.28. The molecule has 6 rings (SSSR count). The van der Waals surface area contributed by atoms with E-state index in [9.17, 15) is 14.8 Å². The molecule has 0 bridgehead atoms. The zero-order valence-corrected chi connectivity index (χ0v) is 23.9. The molecule has 0 amide bonds. The number of piperidine rings is 1. The predicted molar refractivity (Wildman–Crippen MR) is 159 cm³/mol. The fourth-order valence-electron chi connectivity index (χ4n) is 5.95. The van der Waals surface area contributed by atoms with Crippen LogP contribution >= 0.6 is 11.6 Å². The molecular weight excluding hydrogens is 553 g/mol. The smallest absolute Gasteiger partial charge is 0.142 e. The lowest BCUT2D eigenvalue weighted by atomic mass is 9.96. The molecule has 1 saturated heterocycles. The van der Waals surface area contributed by atoms with Crippen molar-refractivity contribution < 1.29 is 19.0 Å². The van der Waals surface area contributed by atoms with Crippen molar-refractivity contribution >= 4 is 11.6 Å². The van der Waals surface area contributed by atoms with Gasteiger partial charge in [-0.05, 0) is 67.1 Å². The number of β-amino-alcohol motifs (C(OH)–C–C–N with tert-alkyl or cyclic N) is 1. The Morgan fingerprint density at radius 3 is 2.74 bits per heavy atom. The quantitative estimate of drug-likeness (QED) is 0.240. The van der Waals surface area contributed by atoms with Crippen molar-refractivity contribution in [3.63, 3.8) is 0 Å².